The lowest BCUT2D eigenvalue weighted by Gasteiger charge is -2.30. The van der Waals surface area contributed by atoms with Crippen LogP contribution in [0.2, 0.25) is 0 Å². The van der Waals surface area contributed by atoms with Gasteiger partial charge >= 0.3 is 5.97 Å². The molecule has 1 N–H and O–H groups in total. The average molecular weight is 269 g/mol. The fourth-order valence-electron chi connectivity index (χ4n) is 2.53. The molecular formula is C15H15N3O2. The number of carboxylic acid groups (broad SMARTS) is 1. The van der Waals surface area contributed by atoms with E-state index in [4.69, 9.17) is 5.11 Å². The standard InChI is InChI=1S/C15H15N3O2/c1-10-4-5-13-11(7-10)3-2-6-18(13)14-9-16-12(8-17-14)15(19)20/h4-5,7-9H,2-3,6H2,1H3,(H,19,20). The predicted molar refractivity (Wildman–Crippen MR) is 75.5 cm³/mol. The molecule has 0 atom stereocenters. The number of carbonyl (C=O) groups is 1. The first-order valence-corrected chi connectivity index (χ1v) is 6.57. The van der Waals surface area contributed by atoms with Crippen LogP contribution >= 0.6 is 0 Å². The van der Waals surface area contributed by atoms with Gasteiger partial charge in [-0.25, -0.2) is 14.8 Å². The van der Waals surface area contributed by atoms with Crippen molar-refractivity contribution >= 4 is 17.5 Å². The van der Waals surface area contributed by atoms with Crippen LogP contribution in [0.1, 0.15) is 28.0 Å². The second kappa shape index (κ2) is 4.92. The molecule has 3 rings (SSSR count). The lowest BCUT2D eigenvalue weighted by atomic mass is 10.00. The first-order chi connectivity index (χ1) is 9.65. The number of benzene rings is 1. The molecule has 5 heteroatoms. The summed E-state index contributed by atoms with van der Waals surface area (Å²) in [6.45, 7) is 2.96. The van der Waals surface area contributed by atoms with Crippen LogP contribution in [0.3, 0.4) is 0 Å². The molecule has 1 aliphatic heterocycles. The number of carboxylic acids is 1. The summed E-state index contributed by atoms with van der Waals surface area (Å²) in [6, 6.07) is 6.37. The van der Waals surface area contributed by atoms with Gasteiger partial charge in [0, 0.05) is 12.2 Å². The smallest absolute Gasteiger partial charge is 0.356 e. The third-order valence-corrected chi connectivity index (χ3v) is 3.49. The van der Waals surface area contributed by atoms with Crippen molar-refractivity contribution in [3.63, 3.8) is 0 Å². The molecule has 0 aliphatic carbocycles. The molecule has 0 spiro atoms. The van der Waals surface area contributed by atoms with Crippen LogP contribution in [-0.2, 0) is 6.42 Å². The zero-order chi connectivity index (χ0) is 14.1. The second-order valence-electron chi connectivity index (χ2n) is 4.95. The average Bonchev–Trinajstić information content (AvgIpc) is 2.46. The number of fused-ring (bicyclic) bond motifs is 1. The molecule has 0 radical (unpaired) electrons. The second-order valence-corrected chi connectivity index (χ2v) is 4.95. The van der Waals surface area contributed by atoms with E-state index in [0.29, 0.717) is 5.82 Å². The van der Waals surface area contributed by atoms with E-state index < -0.39 is 5.97 Å². The highest BCUT2D eigenvalue weighted by molar-refractivity contribution is 5.85. The SMILES string of the molecule is Cc1ccc2c(c1)CCCN2c1cnc(C(=O)O)cn1. The minimum absolute atomic E-state index is 0.0325. The maximum Gasteiger partial charge on any atom is 0.356 e. The van der Waals surface area contributed by atoms with Crippen molar-refractivity contribution in [1.29, 1.82) is 0 Å². The minimum atomic E-state index is -1.06. The van der Waals surface area contributed by atoms with Crippen LogP contribution in [0.25, 0.3) is 0 Å². The Morgan fingerprint density at radius 3 is 2.85 bits per heavy atom. The topological polar surface area (TPSA) is 66.3 Å². The quantitative estimate of drug-likeness (QED) is 0.907. The molecule has 2 heterocycles. The normalized spacial score (nSPS) is 13.9. The molecular weight excluding hydrogens is 254 g/mol. The van der Waals surface area contributed by atoms with E-state index in [0.717, 1.165) is 25.1 Å². The summed E-state index contributed by atoms with van der Waals surface area (Å²) < 4.78 is 0. The Bertz CT molecular complexity index is 653. The van der Waals surface area contributed by atoms with E-state index in [1.54, 1.807) is 0 Å². The van der Waals surface area contributed by atoms with Crippen molar-refractivity contribution in [3.05, 3.63) is 47.4 Å². The molecule has 2 aromatic rings. The maximum absolute atomic E-state index is 10.8. The number of hydrogen-bond donors (Lipinski definition) is 1. The fraction of sp³-hybridized carbons (Fsp3) is 0.267. The molecule has 5 nitrogen and oxygen atoms in total. The van der Waals surface area contributed by atoms with Gasteiger partial charge in [0.15, 0.2) is 11.5 Å². The first-order valence-electron chi connectivity index (χ1n) is 6.57. The van der Waals surface area contributed by atoms with Gasteiger partial charge in [-0.1, -0.05) is 17.7 Å². The molecule has 0 bridgehead atoms. The van der Waals surface area contributed by atoms with Crippen LogP contribution < -0.4 is 4.90 Å². The first kappa shape index (κ1) is 12.6. The van der Waals surface area contributed by atoms with Gasteiger partial charge in [-0.3, -0.25) is 0 Å². The summed E-state index contributed by atoms with van der Waals surface area (Å²) in [5, 5.41) is 8.86. The number of anilines is 2. The largest absolute Gasteiger partial charge is 0.476 e. The molecule has 1 aliphatic rings. The van der Waals surface area contributed by atoms with Gasteiger partial charge in [-0.05, 0) is 31.4 Å². The number of nitrogens with zero attached hydrogens (tertiary/aromatic N) is 3. The summed E-state index contributed by atoms with van der Waals surface area (Å²) >= 11 is 0. The lowest BCUT2D eigenvalue weighted by Crippen LogP contribution is -2.25. The molecule has 0 amide bonds. The molecule has 1 aromatic heterocycles. The molecule has 0 unspecified atom stereocenters. The fourth-order valence-corrected chi connectivity index (χ4v) is 2.53. The lowest BCUT2D eigenvalue weighted by molar-refractivity contribution is 0.0690. The van der Waals surface area contributed by atoms with Crippen molar-refractivity contribution in [2.75, 3.05) is 11.4 Å². The predicted octanol–water partition coefficient (Wildman–Crippen LogP) is 2.57. The zero-order valence-electron chi connectivity index (χ0n) is 11.2. The summed E-state index contributed by atoms with van der Waals surface area (Å²) in [5.41, 5.74) is 3.66. The number of aromatic carboxylic acids is 1. The van der Waals surface area contributed by atoms with Crippen LogP contribution in [0, 0.1) is 6.92 Å². The van der Waals surface area contributed by atoms with Gasteiger partial charge in [0.05, 0.1) is 12.4 Å². The Morgan fingerprint density at radius 1 is 1.30 bits per heavy atom. The van der Waals surface area contributed by atoms with Crippen molar-refractivity contribution in [2.24, 2.45) is 0 Å². The summed E-state index contributed by atoms with van der Waals surface area (Å²) in [4.78, 5) is 21.1. The van der Waals surface area contributed by atoms with Gasteiger partial charge in [0.2, 0.25) is 0 Å². The van der Waals surface area contributed by atoms with Gasteiger partial charge in [-0.2, -0.15) is 0 Å². The Morgan fingerprint density at radius 2 is 2.15 bits per heavy atom. The van der Waals surface area contributed by atoms with Gasteiger partial charge in [0.1, 0.15) is 0 Å². The van der Waals surface area contributed by atoms with E-state index >= 15 is 0 Å². The minimum Gasteiger partial charge on any atom is -0.476 e. The van der Waals surface area contributed by atoms with E-state index in [1.807, 2.05) is 0 Å². The third kappa shape index (κ3) is 2.22. The summed E-state index contributed by atoms with van der Waals surface area (Å²) in [6.07, 6.45) is 4.95. The van der Waals surface area contributed by atoms with Gasteiger partial charge < -0.3 is 10.0 Å². The zero-order valence-corrected chi connectivity index (χ0v) is 11.2. The third-order valence-electron chi connectivity index (χ3n) is 3.49. The van der Waals surface area contributed by atoms with Gasteiger partial charge in [0.25, 0.3) is 0 Å². The highest BCUT2D eigenvalue weighted by Crippen LogP contribution is 2.32. The number of hydrogen-bond acceptors (Lipinski definition) is 4. The highest BCUT2D eigenvalue weighted by atomic mass is 16.4. The Labute approximate surface area is 116 Å². The molecule has 0 saturated heterocycles. The van der Waals surface area contributed by atoms with Crippen molar-refractivity contribution in [2.45, 2.75) is 19.8 Å². The summed E-state index contributed by atoms with van der Waals surface area (Å²) in [5.74, 6) is -0.362. The maximum atomic E-state index is 10.8. The Balaban J connectivity index is 1.98. The molecule has 0 fully saturated rings. The molecule has 20 heavy (non-hydrogen) atoms. The van der Waals surface area contributed by atoms with Crippen molar-refractivity contribution in [3.8, 4) is 0 Å². The van der Waals surface area contributed by atoms with Crippen molar-refractivity contribution in [1.82, 2.24) is 9.97 Å². The molecule has 0 saturated carbocycles. The monoisotopic (exact) mass is 269 g/mol. The molecule has 1 aromatic carbocycles. The van der Waals surface area contributed by atoms with Crippen LogP contribution in [0.5, 0.6) is 0 Å². The van der Waals surface area contributed by atoms with Crippen LogP contribution in [0.4, 0.5) is 11.5 Å². The summed E-state index contributed by atoms with van der Waals surface area (Å²) in [7, 11) is 0. The van der Waals surface area contributed by atoms with Crippen molar-refractivity contribution < 1.29 is 9.90 Å². The van der Waals surface area contributed by atoms with E-state index in [2.05, 4.69) is 40.0 Å². The van der Waals surface area contributed by atoms with E-state index in [1.165, 1.54) is 23.5 Å². The Kier molecular flexibility index (Phi) is 3.10. The van der Waals surface area contributed by atoms with Crippen LogP contribution in [0.15, 0.2) is 30.6 Å². The number of aryl methyl sites for hydroxylation is 2. The number of rotatable bonds is 2. The number of aromatic nitrogens is 2. The Hall–Kier alpha value is -2.43. The van der Waals surface area contributed by atoms with Gasteiger partial charge in [-0.15, -0.1) is 0 Å². The van der Waals surface area contributed by atoms with Crippen LogP contribution in [-0.4, -0.2) is 27.6 Å². The highest BCUT2D eigenvalue weighted by Gasteiger charge is 2.19. The van der Waals surface area contributed by atoms with E-state index in [-0.39, 0.29) is 5.69 Å². The molecule has 102 valence electrons. The van der Waals surface area contributed by atoms with E-state index in [9.17, 15) is 4.79 Å².